The van der Waals surface area contributed by atoms with Crippen LogP contribution in [-0.2, 0) is 0 Å². The standard InChI is InChI=1S/C9H10FNO2/c10-4-7(5-11)6-1-2-8(12)9(13)3-6/h1-4,12-13H,5,11H2/b7-4-. The minimum absolute atomic E-state index is 0.0424. The number of phenolic OH excluding ortho intramolecular Hbond substituents is 2. The average Bonchev–Trinajstić information content (AvgIpc) is 2.13. The predicted molar refractivity (Wildman–Crippen MR) is 47.9 cm³/mol. The van der Waals surface area contributed by atoms with Crippen molar-refractivity contribution in [2.75, 3.05) is 6.54 Å². The van der Waals surface area contributed by atoms with E-state index in [9.17, 15) is 4.39 Å². The molecule has 3 nitrogen and oxygen atoms in total. The fourth-order valence-corrected chi connectivity index (χ4v) is 0.949. The molecule has 1 aromatic carbocycles. The van der Waals surface area contributed by atoms with E-state index in [0.29, 0.717) is 11.9 Å². The third-order valence-electron chi connectivity index (χ3n) is 1.70. The molecule has 0 aliphatic rings. The summed E-state index contributed by atoms with van der Waals surface area (Å²) in [5.74, 6) is -0.524. The van der Waals surface area contributed by atoms with E-state index in [2.05, 4.69) is 0 Å². The molecule has 4 N–H and O–H groups in total. The highest BCUT2D eigenvalue weighted by atomic mass is 19.1. The Balaban J connectivity index is 3.10. The topological polar surface area (TPSA) is 66.5 Å². The third kappa shape index (κ3) is 1.97. The van der Waals surface area contributed by atoms with E-state index < -0.39 is 0 Å². The largest absolute Gasteiger partial charge is 0.504 e. The Bertz CT molecular complexity index is 336. The molecule has 0 saturated carbocycles. The van der Waals surface area contributed by atoms with Crippen LogP contribution in [-0.4, -0.2) is 16.8 Å². The molecule has 0 radical (unpaired) electrons. The number of hydrogen-bond donors (Lipinski definition) is 3. The molecule has 0 bridgehead atoms. The van der Waals surface area contributed by atoms with E-state index in [0.717, 1.165) is 0 Å². The van der Waals surface area contributed by atoms with Gasteiger partial charge < -0.3 is 15.9 Å². The van der Waals surface area contributed by atoms with E-state index in [4.69, 9.17) is 15.9 Å². The zero-order chi connectivity index (χ0) is 9.84. The summed E-state index contributed by atoms with van der Waals surface area (Å²) in [6.07, 6.45) is 0.381. The number of benzene rings is 1. The number of hydrogen-bond acceptors (Lipinski definition) is 3. The number of aromatic hydroxyl groups is 2. The molecule has 70 valence electrons. The van der Waals surface area contributed by atoms with Crippen molar-refractivity contribution in [3.05, 3.63) is 30.1 Å². The van der Waals surface area contributed by atoms with Crippen molar-refractivity contribution in [2.24, 2.45) is 5.73 Å². The van der Waals surface area contributed by atoms with Gasteiger partial charge in [0.15, 0.2) is 11.5 Å². The summed E-state index contributed by atoms with van der Waals surface area (Å²) < 4.78 is 12.2. The molecule has 0 unspecified atom stereocenters. The summed E-state index contributed by atoms with van der Waals surface area (Å²) in [4.78, 5) is 0. The van der Waals surface area contributed by atoms with E-state index in [-0.39, 0.29) is 23.6 Å². The van der Waals surface area contributed by atoms with Gasteiger partial charge in [0.2, 0.25) is 0 Å². The predicted octanol–water partition coefficient (Wildman–Crippen LogP) is 1.37. The van der Waals surface area contributed by atoms with Crippen LogP contribution in [0.2, 0.25) is 0 Å². The molecule has 0 aromatic heterocycles. The highest BCUT2D eigenvalue weighted by Crippen LogP contribution is 2.27. The summed E-state index contributed by atoms with van der Waals surface area (Å²) in [6.45, 7) is 0.0424. The lowest BCUT2D eigenvalue weighted by Gasteiger charge is -2.04. The van der Waals surface area contributed by atoms with Crippen molar-refractivity contribution in [1.82, 2.24) is 0 Å². The van der Waals surface area contributed by atoms with Crippen LogP contribution < -0.4 is 5.73 Å². The van der Waals surface area contributed by atoms with Gasteiger partial charge in [-0.15, -0.1) is 0 Å². The Morgan fingerprint density at radius 3 is 2.54 bits per heavy atom. The lowest BCUT2D eigenvalue weighted by atomic mass is 10.1. The van der Waals surface area contributed by atoms with Crippen LogP contribution in [0, 0.1) is 0 Å². The summed E-state index contributed by atoms with van der Waals surface area (Å²) >= 11 is 0. The molecule has 0 aliphatic heterocycles. The first-order valence-corrected chi connectivity index (χ1v) is 3.70. The van der Waals surface area contributed by atoms with Gasteiger partial charge in [0, 0.05) is 12.1 Å². The second-order valence-corrected chi connectivity index (χ2v) is 2.54. The van der Waals surface area contributed by atoms with Crippen LogP contribution in [0.1, 0.15) is 5.56 Å². The second-order valence-electron chi connectivity index (χ2n) is 2.54. The van der Waals surface area contributed by atoms with Gasteiger partial charge in [-0.25, -0.2) is 4.39 Å². The van der Waals surface area contributed by atoms with Crippen molar-refractivity contribution in [3.63, 3.8) is 0 Å². The lowest BCUT2D eigenvalue weighted by Crippen LogP contribution is -2.01. The minimum Gasteiger partial charge on any atom is -0.504 e. The number of rotatable bonds is 2. The Hall–Kier alpha value is -1.55. The first kappa shape index (κ1) is 9.54. The molecule has 4 heteroatoms. The molecule has 0 heterocycles. The van der Waals surface area contributed by atoms with Gasteiger partial charge >= 0.3 is 0 Å². The summed E-state index contributed by atoms with van der Waals surface area (Å²) in [6, 6.07) is 4.02. The van der Waals surface area contributed by atoms with Crippen LogP contribution in [0.15, 0.2) is 24.5 Å². The number of halogens is 1. The fourth-order valence-electron chi connectivity index (χ4n) is 0.949. The molecular weight excluding hydrogens is 173 g/mol. The van der Waals surface area contributed by atoms with Crippen molar-refractivity contribution in [3.8, 4) is 11.5 Å². The SMILES string of the molecule is NC/C(=C/F)c1ccc(O)c(O)c1. The van der Waals surface area contributed by atoms with Gasteiger partial charge in [-0.05, 0) is 17.7 Å². The van der Waals surface area contributed by atoms with E-state index >= 15 is 0 Å². The maximum atomic E-state index is 12.2. The van der Waals surface area contributed by atoms with Gasteiger partial charge in [0.1, 0.15) is 0 Å². The molecule has 1 rings (SSSR count). The monoisotopic (exact) mass is 183 g/mol. The van der Waals surface area contributed by atoms with Crippen LogP contribution in [0.3, 0.4) is 0 Å². The molecule has 0 atom stereocenters. The van der Waals surface area contributed by atoms with E-state index in [1.807, 2.05) is 0 Å². The van der Waals surface area contributed by atoms with Crippen LogP contribution in [0.25, 0.3) is 5.57 Å². The maximum absolute atomic E-state index is 12.2. The molecule has 1 aromatic rings. The number of phenols is 2. The summed E-state index contributed by atoms with van der Waals surface area (Å²) in [5, 5.41) is 18.1. The molecule has 13 heavy (non-hydrogen) atoms. The molecule has 0 spiro atoms. The van der Waals surface area contributed by atoms with Gasteiger partial charge in [-0.2, -0.15) is 0 Å². The van der Waals surface area contributed by atoms with E-state index in [1.165, 1.54) is 18.2 Å². The third-order valence-corrected chi connectivity index (χ3v) is 1.70. The van der Waals surface area contributed by atoms with E-state index in [1.54, 1.807) is 0 Å². The van der Waals surface area contributed by atoms with Gasteiger partial charge in [0.05, 0.1) is 6.33 Å². The van der Waals surface area contributed by atoms with Gasteiger partial charge in [0.25, 0.3) is 0 Å². The summed E-state index contributed by atoms with van der Waals surface area (Å²) in [7, 11) is 0. The quantitative estimate of drug-likeness (QED) is 0.606. The van der Waals surface area contributed by atoms with Crippen molar-refractivity contribution >= 4 is 5.57 Å². The first-order valence-electron chi connectivity index (χ1n) is 3.70. The van der Waals surface area contributed by atoms with Crippen molar-refractivity contribution in [1.29, 1.82) is 0 Å². The van der Waals surface area contributed by atoms with Crippen LogP contribution >= 0.6 is 0 Å². The Morgan fingerprint density at radius 1 is 1.38 bits per heavy atom. The highest BCUT2D eigenvalue weighted by molar-refractivity contribution is 5.68. The van der Waals surface area contributed by atoms with Crippen LogP contribution in [0.5, 0.6) is 11.5 Å². The lowest BCUT2D eigenvalue weighted by molar-refractivity contribution is 0.403. The maximum Gasteiger partial charge on any atom is 0.158 e. The Labute approximate surface area is 74.9 Å². The first-order chi connectivity index (χ1) is 6.19. The average molecular weight is 183 g/mol. The molecule has 0 saturated heterocycles. The Morgan fingerprint density at radius 2 is 2.08 bits per heavy atom. The van der Waals surface area contributed by atoms with Crippen LogP contribution in [0.4, 0.5) is 4.39 Å². The smallest absolute Gasteiger partial charge is 0.158 e. The molecule has 0 amide bonds. The number of nitrogens with two attached hydrogens (primary N) is 1. The summed E-state index contributed by atoms with van der Waals surface area (Å²) in [5.41, 5.74) is 5.98. The normalized spacial score (nSPS) is 11.7. The molecule has 0 fully saturated rings. The van der Waals surface area contributed by atoms with Crippen molar-refractivity contribution in [2.45, 2.75) is 0 Å². The Kier molecular flexibility index (Phi) is 2.87. The zero-order valence-electron chi connectivity index (χ0n) is 6.87. The molecular formula is C9H10FNO2. The second kappa shape index (κ2) is 3.91. The van der Waals surface area contributed by atoms with Gasteiger partial charge in [-0.1, -0.05) is 6.07 Å². The van der Waals surface area contributed by atoms with Gasteiger partial charge in [-0.3, -0.25) is 0 Å². The molecule has 0 aliphatic carbocycles. The van der Waals surface area contributed by atoms with Crippen molar-refractivity contribution < 1.29 is 14.6 Å². The minimum atomic E-state index is -0.287. The highest BCUT2D eigenvalue weighted by Gasteiger charge is 2.03. The zero-order valence-corrected chi connectivity index (χ0v) is 6.87. The fraction of sp³-hybridized carbons (Fsp3) is 0.111.